The van der Waals surface area contributed by atoms with Gasteiger partial charge in [0.1, 0.15) is 0 Å². The van der Waals surface area contributed by atoms with Crippen LogP contribution < -0.4 is 5.32 Å². The molecule has 1 aliphatic heterocycles. The van der Waals surface area contributed by atoms with Crippen molar-refractivity contribution in [3.8, 4) is 0 Å². The molecule has 1 aliphatic rings. The van der Waals surface area contributed by atoms with Gasteiger partial charge in [-0.2, -0.15) is 0 Å². The van der Waals surface area contributed by atoms with Crippen LogP contribution in [0, 0.1) is 0 Å². The van der Waals surface area contributed by atoms with Gasteiger partial charge in [-0.15, -0.1) is 0 Å². The minimum absolute atomic E-state index is 0.0938. The van der Waals surface area contributed by atoms with E-state index < -0.39 is 0 Å². The van der Waals surface area contributed by atoms with Crippen LogP contribution in [0.4, 0.5) is 5.69 Å². The van der Waals surface area contributed by atoms with Gasteiger partial charge in [0.2, 0.25) is 5.91 Å². The molecular weight excluding hydrogens is 240 g/mol. The lowest BCUT2D eigenvalue weighted by Crippen LogP contribution is -2.31. The highest BCUT2D eigenvalue weighted by Crippen LogP contribution is 2.15. The first-order valence-electron chi connectivity index (χ1n) is 6.84. The van der Waals surface area contributed by atoms with Crippen molar-refractivity contribution >= 4 is 17.5 Å². The first kappa shape index (κ1) is 13.6. The topological polar surface area (TPSA) is 49.4 Å². The molecule has 0 atom stereocenters. The number of carbonyl (C=O) groups is 2. The average molecular weight is 260 g/mol. The fourth-order valence-electron chi connectivity index (χ4n) is 2.36. The molecule has 1 heterocycles. The van der Waals surface area contributed by atoms with Crippen LogP contribution in [0.3, 0.4) is 0 Å². The maximum atomic E-state index is 12.3. The van der Waals surface area contributed by atoms with Crippen molar-refractivity contribution in [2.75, 3.05) is 18.4 Å². The van der Waals surface area contributed by atoms with Gasteiger partial charge in [-0.05, 0) is 37.1 Å². The predicted molar refractivity (Wildman–Crippen MR) is 75.1 cm³/mol. The van der Waals surface area contributed by atoms with Crippen LogP contribution in [0.15, 0.2) is 24.3 Å². The number of hydrogen-bond acceptors (Lipinski definition) is 2. The van der Waals surface area contributed by atoms with Crippen LogP contribution in [0.5, 0.6) is 0 Å². The van der Waals surface area contributed by atoms with Crippen molar-refractivity contribution in [2.24, 2.45) is 0 Å². The summed E-state index contributed by atoms with van der Waals surface area (Å²) in [6.07, 6.45) is 4.61. The lowest BCUT2D eigenvalue weighted by molar-refractivity contribution is -0.114. The standard InChI is InChI=1S/C15H20N2O2/c1-12(18)16-14-8-6-13(7-9-14)15(19)17-10-4-2-3-5-11-17/h6-9H,2-5,10-11H2,1H3,(H,16,18). The Morgan fingerprint density at radius 2 is 1.58 bits per heavy atom. The molecule has 19 heavy (non-hydrogen) atoms. The molecule has 0 spiro atoms. The van der Waals surface area contributed by atoms with Crippen LogP contribution in [0.1, 0.15) is 43.0 Å². The summed E-state index contributed by atoms with van der Waals surface area (Å²) >= 11 is 0. The fraction of sp³-hybridized carbons (Fsp3) is 0.467. The Labute approximate surface area is 113 Å². The second-order valence-electron chi connectivity index (χ2n) is 4.96. The molecule has 0 aromatic heterocycles. The molecular formula is C15H20N2O2. The number of nitrogens with one attached hydrogen (secondary N) is 1. The molecule has 0 saturated carbocycles. The predicted octanol–water partition coefficient (Wildman–Crippen LogP) is 2.66. The van der Waals surface area contributed by atoms with E-state index in [1.807, 2.05) is 4.90 Å². The number of benzene rings is 1. The van der Waals surface area contributed by atoms with Crippen molar-refractivity contribution in [3.63, 3.8) is 0 Å². The van der Waals surface area contributed by atoms with E-state index in [1.165, 1.54) is 19.8 Å². The zero-order valence-corrected chi connectivity index (χ0v) is 11.3. The van der Waals surface area contributed by atoms with Crippen LogP contribution in [-0.4, -0.2) is 29.8 Å². The van der Waals surface area contributed by atoms with Gasteiger partial charge in [0.25, 0.3) is 5.91 Å². The number of hydrogen-bond donors (Lipinski definition) is 1. The van der Waals surface area contributed by atoms with Gasteiger partial charge in [-0.25, -0.2) is 0 Å². The van der Waals surface area contributed by atoms with Gasteiger partial charge in [-0.1, -0.05) is 12.8 Å². The van der Waals surface area contributed by atoms with Crippen molar-refractivity contribution in [1.82, 2.24) is 4.90 Å². The Balaban J connectivity index is 2.04. The van der Waals surface area contributed by atoms with Gasteiger partial charge in [-0.3, -0.25) is 9.59 Å². The molecule has 2 rings (SSSR count). The van der Waals surface area contributed by atoms with Crippen LogP contribution in [0.2, 0.25) is 0 Å². The van der Waals surface area contributed by atoms with Crippen LogP contribution in [0.25, 0.3) is 0 Å². The molecule has 1 aromatic carbocycles. The third-order valence-corrected chi connectivity index (χ3v) is 3.35. The largest absolute Gasteiger partial charge is 0.339 e. The maximum Gasteiger partial charge on any atom is 0.253 e. The molecule has 0 bridgehead atoms. The van der Waals surface area contributed by atoms with Gasteiger partial charge < -0.3 is 10.2 Å². The Morgan fingerprint density at radius 3 is 2.11 bits per heavy atom. The van der Waals surface area contributed by atoms with E-state index in [1.54, 1.807) is 24.3 Å². The molecule has 0 unspecified atom stereocenters. The number of rotatable bonds is 2. The lowest BCUT2D eigenvalue weighted by Gasteiger charge is -2.20. The van der Waals surface area contributed by atoms with E-state index in [9.17, 15) is 9.59 Å². The summed E-state index contributed by atoms with van der Waals surface area (Å²) in [5, 5.41) is 2.70. The lowest BCUT2D eigenvalue weighted by atomic mass is 10.1. The normalized spacial score (nSPS) is 15.7. The summed E-state index contributed by atoms with van der Waals surface area (Å²) < 4.78 is 0. The molecule has 102 valence electrons. The Morgan fingerprint density at radius 1 is 1.00 bits per heavy atom. The van der Waals surface area contributed by atoms with Gasteiger partial charge in [0.15, 0.2) is 0 Å². The molecule has 1 saturated heterocycles. The second-order valence-corrected chi connectivity index (χ2v) is 4.96. The number of anilines is 1. The third kappa shape index (κ3) is 3.81. The first-order chi connectivity index (χ1) is 9.16. The first-order valence-corrected chi connectivity index (χ1v) is 6.84. The van der Waals surface area contributed by atoms with E-state index >= 15 is 0 Å². The van der Waals surface area contributed by atoms with Crippen molar-refractivity contribution < 1.29 is 9.59 Å². The van der Waals surface area contributed by atoms with E-state index in [0.29, 0.717) is 5.56 Å². The SMILES string of the molecule is CC(=O)Nc1ccc(C(=O)N2CCCCCC2)cc1. The summed E-state index contributed by atoms with van der Waals surface area (Å²) in [4.78, 5) is 25.2. The molecule has 1 aromatic rings. The second kappa shape index (κ2) is 6.36. The van der Waals surface area contributed by atoms with Crippen molar-refractivity contribution in [1.29, 1.82) is 0 Å². The quantitative estimate of drug-likeness (QED) is 0.888. The Hall–Kier alpha value is -1.84. The van der Waals surface area contributed by atoms with Crippen molar-refractivity contribution in [3.05, 3.63) is 29.8 Å². The maximum absolute atomic E-state index is 12.3. The number of carbonyl (C=O) groups excluding carboxylic acids is 2. The highest BCUT2D eigenvalue weighted by molar-refractivity contribution is 5.95. The minimum atomic E-state index is -0.105. The average Bonchev–Trinajstić information content (AvgIpc) is 2.67. The molecule has 1 fully saturated rings. The fourth-order valence-corrected chi connectivity index (χ4v) is 2.36. The summed E-state index contributed by atoms with van der Waals surface area (Å²) in [5.74, 6) is -0.0112. The summed E-state index contributed by atoms with van der Waals surface area (Å²) in [5.41, 5.74) is 1.41. The van der Waals surface area contributed by atoms with E-state index in [-0.39, 0.29) is 11.8 Å². The zero-order chi connectivity index (χ0) is 13.7. The Bertz CT molecular complexity index is 446. The monoisotopic (exact) mass is 260 g/mol. The van der Waals surface area contributed by atoms with E-state index in [4.69, 9.17) is 0 Å². The number of nitrogens with zero attached hydrogens (tertiary/aromatic N) is 1. The molecule has 2 amide bonds. The molecule has 0 aliphatic carbocycles. The summed E-state index contributed by atoms with van der Waals surface area (Å²) in [6, 6.07) is 7.09. The number of amides is 2. The number of likely N-dealkylation sites (tertiary alicyclic amines) is 1. The van der Waals surface area contributed by atoms with Crippen LogP contribution >= 0.6 is 0 Å². The van der Waals surface area contributed by atoms with Gasteiger partial charge in [0, 0.05) is 31.3 Å². The third-order valence-electron chi connectivity index (χ3n) is 3.35. The zero-order valence-electron chi connectivity index (χ0n) is 11.3. The molecule has 0 radical (unpaired) electrons. The molecule has 4 heteroatoms. The molecule has 1 N–H and O–H groups in total. The molecule has 4 nitrogen and oxygen atoms in total. The van der Waals surface area contributed by atoms with Gasteiger partial charge >= 0.3 is 0 Å². The summed E-state index contributed by atoms with van der Waals surface area (Å²) in [7, 11) is 0. The van der Waals surface area contributed by atoms with E-state index in [2.05, 4.69) is 5.32 Å². The van der Waals surface area contributed by atoms with Crippen molar-refractivity contribution in [2.45, 2.75) is 32.6 Å². The smallest absolute Gasteiger partial charge is 0.253 e. The van der Waals surface area contributed by atoms with Gasteiger partial charge in [0.05, 0.1) is 0 Å². The summed E-state index contributed by atoms with van der Waals surface area (Å²) in [6.45, 7) is 3.18. The highest BCUT2D eigenvalue weighted by Gasteiger charge is 2.16. The Kier molecular flexibility index (Phi) is 4.55. The minimum Gasteiger partial charge on any atom is -0.339 e. The highest BCUT2D eigenvalue weighted by atomic mass is 16.2. The van der Waals surface area contributed by atoms with Crippen LogP contribution in [-0.2, 0) is 4.79 Å². The van der Waals surface area contributed by atoms with E-state index in [0.717, 1.165) is 31.6 Å².